The lowest BCUT2D eigenvalue weighted by molar-refractivity contribution is 0.601. The molecule has 0 unspecified atom stereocenters. The van der Waals surface area contributed by atoms with E-state index in [-0.39, 0.29) is 21.3 Å². The molecule has 2 rings (SSSR count). The highest BCUT2D eigenvalue weighted by molar-refractivity contribution is 7.92. The molecule has 0 amide bonds. The molecule has 0 heterocycles. The average Bonchev–Trinajstić information content (AvgIpc) is 2.39. The van der Waals surface area contributed by atoms with E-state index in [0.29, 0.717) is 11.1 Å². The Balaban J connectivity index is 2.46. The van der Waals surface area contributed by atoms with E-state index in [0.717, 1.165) is 6.07 Å². The summed E-state index contributed by atoms with van der Waals surface area (Å²) >= 11 is 5.95. The molecule has 0 saturated heterocycles. The molecule has 4 nitrogen and oxygen atoms in total. The second kappa shape index (κ2) is 5.54. The van der Waals surface area contributed by atoms with Gasteiger partial charge in [0.15, 0.2) is 0 Å². The van der Waals surface area contributed by atoms with Gasteiger partial charge in [0.25, 0.3) is 10.0 Å². The second-order valence-electron chi connectivity index (χ2n) is 4.68. The van der Waals surface area contributed by atoms with Gasteiger partial charge in [-0.2, -0.15) is 0 Å². The van der Waals surface area contributed by atoms with Crippen molar-refractivity contribution < 1.29 is 12.8 Å². The summed E-state index contributed by atoms with van der Waals surface area (Å²) in [6.45, 7) is 3.37. The molecule has 0 aromatic heterocycles. The van der Waals surface area contributed by atoms with Crippen LogP contribution in [0.15, 0.2) is 35.2 Å². The van der Waals surface area contributed by atoms with Gasteiger partial charge in [0, 0.05) is 10.7 Å². The number of aryl methyl sites for hydroxylation is 1. The molecule has 21 heavy (non-hydrogen) atoms. The zero-order chi connectivity index (χ0) is 15.8. The van der Waals surface area contributed by atoms with Crippen molar-refractivity contribution in [1.29, 1.82) is 0 Å². The fraction of sp³-hybridized carbons (Fsp3) is 0.143. The number of sulfonamides is 1. The number of hydrogen-bond donors (Lipinski definition) is 2. The molecule has 3 N–H and O–H groups in total. The number of nitrogen functional groups attached to an aromatic ring is 1. The summed E-state index contributed by atoms with van der Waals surface area (Å²) in [5, 5.41) is 0.256. The van der Waals surface area contributed by atoms with Crippen LogP contribution in [0.3, 0.4) is 0 Å². The van der Waals surface area contributed by atoms with Gasteiger partial charge in [-0.25, -0.2) is 12.8 Å². The number of anilines is 2. The largest absolute Gasteiger partial charge is 0.398 e. The van der Waals surface area contributed by atoms with E-state index in [4.69, 9.17) is 17.3 Å². The average molecular weight is 329 g/mol. The van der Waals surface area contributed by atoms with Crippen molar-refractivity contribution >= 4 is 33.0 Å². The molecule has 0 bridgehead atoms. The number of halogens is 2. The molecule has 0 aliphatic carbocycles. The van der Waals surface area contributed by atoms with Crippen molar-refractivity contribution in [3.8, 4) is 0 Å². The van der Waals surface area contributed by atoms with Crippen molar-refractivity contribution in [2.75, 3.05) is 10.5 Å². The molecule has 0 aliphatic heterocycles. The molecular weight excluding hydrogens is 315 g/mol. The lowest BCUT2D eigenvalue weighted by Gasteiger charge is -2.12. The summed E-state index contributed by atoms with van der Waals surface area (Å²) in [5.41, 5.74) is 7.39. The van der Waals surface area contributed by atoms with Crippen molar-refractivity contribution in [3.05, 3.63) is 52.3 Å². The van der Waals surface area contributed by atoms with Crippen LogP contribution < -0.4 is 10.5 Å². The standard InChI is InChI=1S/C14H14ClFN2O2S/c1-8-3-4-10(16)5-14(8)18-21(19,20)11-6-12(15)9(2)13(17)7-11/h3-7,18H,17H2,1-2H3. The zero-order valence-electron chi connectivity index (χ0n) is 11.4. The molecule has 0 spiro atoms. The number of hydrogen-bond acceptors (Lipinski definition) is 3. The van der Waals surface area contributed by atoms with E-state index < -0.39 is 15.8 Å². The summed E-state index contributed by atoms with van der Waals surface area (Å²) in [6.07, 6.45) is 0. The van der Waals surface area contributed by atoms with Crippen molar-refractivity contribution in [1.82, 2.24) is 0 Å². The number of rotatable bonds is 3. The maximum absolute atomic E-state index is 13.2. The monoisotopic (exact) mass is 328 g/mol. The lowest BCUT2D eigenvalue weighted by Crippen LogP contribution is -2.14. The summed E-state index contributed by atoms with van der Waals surface area (Å²) in [6, 6.07) is 6.49. The van der Waals surface area contributed by atoms with Crippen molar-refractivity contribution in [2.24, 2.45) is 0 Å². The van der Waals surface area contributed by atoms with Crippen molar-refractivity contribution in [2.45, 2.75) is 18.7 Å². The normalized spacial score (nSPS) is 11.4. The SMILES string of the molecule is Cc1ccc(F)cc1NS(=O)(=O)c1cc(N)c(C)c(Cl)c1. The number of nitrogens with two attached hydrogens (primary N) is 1. The van der Waals surface area contributed by atoms with Crippen molar-refractivity contribution in [3.63, 3.8) is 0 Å². The second-order valence-corrected chi connectivity index (χ2v) is 6.77. The van der Waals surface area contributed by atoms with E-state index >= 15 is 0 Å². The molecule has 0 fully saturated rings. The van der Waals surface area contributed by atoms with E-state index in [1.807, 2.05) is 0 Å². The molecule has 0 aliphatic rings. The lowest BCUT2D eigenvalue weighted by atomic mass is 10.2. The first-order valence-corrected chi connectivity index (χ1v) is 7.91. The third-order valence-corrected chi connectivity index (χ3v) is 4.85. The van der Waals surface area contributed by atoms with Gasteiger partial charge in [-0.1, -0.05) is 17.7 Å². The van der Waals surface area contributed by atoms with Gasteiger partial charge in [-0.3, -0.25) is 4.72 Å². The summed E-state index contributed by atoms with van der Waals surface area (Å²) < 4.78 is 40.2. The first-order chi connectivity index (χ1) is 9.70. The molecule has 112 valence electrons. The Morgan fingerprint density at radius 2 is 1.86 bits per heavy atom. The first-order valence-electron chi connectivity index (χ1n) is 6.05. The molecule has 0 atom stereocenters. The van der Waals surface area contributed by atoms with Crippen LogP contribution in [0.1, 0.15) is 11.1 Å². The first kappa shape index (κ1) is 15.6. The minimum Gasteiger partial charge on any atom is -0.398 e. The van der Waals surface area contributed by atoms with Gasteiger partial charge in [-0.05, 0) is 49.2 Å². The van der Waals surface area contributed by atoms with Gasteiger partial charge >= 0.3 is 0 Å². The quantitative estimate of drug-likeness (QED) is 0.847. The Kier molecular flexibility index (Phi) is 4.11. The van der Waals surface area contributed by atoms with Gasteiger partial charge in [0.05, 0.1) is 10.6 Å². The van der Waals surface area contributed by atoms with Gasteiger partial charge in [0.1, 0.15) is 5.82 Å². The Bertz CT molecular complexity index is 784. The minimum absolute atomic E-state index is 0.0701. The highest BCUT2D eigenvalue weighted by Gasteiger charge is 2.18. The predicted octanol–water partition coefficient (Wildman–Crippen LogP) is 3.48. The molecular formula is C14H14ClFN2O2S. The number of nitrogens with one attached hydrogen (secondary N) is 1. The van der Waals surface area contributed by atoms with Crippen LogP contribution in [-0.2, 0) is 10.0 Å². The van der Waals surface area contributed by atoms with E-state index in [1.165, 1.54) is 24.3 Å². The Labute approximate surface area is 127 Å². The predicted molar refractivity (Wildman–Crippen MR) is 82.5 cm³/mol. The van der Waals surface area contributed by atoms with Crippen LogP contribution in [0.4, 0.5) is 15.8 Å². The maximum atomic E-state index is 13.2. The highest BCUT2D eigenvalue weighted by Crippen LogP contribution is 2.28. The van der Waals surface area contributed by atoms with Gasteiger partial charge < -0.3 is 5.73 Å². The van der Waals surface area contributed by atoms with E-state index in [9.17, 15) is 12.8 Å². The maximum Gasteiger partial charge on any atom is 0.262 e. The van der Waals surface area contributed by atoms with E-state index in [2.05, 4.69) is 4.72 Å². The van der Waals surface area contributed by atoms with Crippen LogP contribution >= 0.6 is 11.6 Å². The fourth-order valence-corrected chi connectivity index (χ4v) is 3.21. The van der Waals surface area contributed by atoms with Crippen LogP contribution in [-0.4, -0.2) is 8.42 Å². The van der Waals surface area contributed by atoms with Gasteiger partial charge in [-0.15, -0.1) is 0 Å². The zero-order valence-corrected chi connectivity index (χ0v) is 13.0. The number of benzene rings is 2. The van der Waals surface area contributed by atoms with Crippen LogP contribution in [0.25, 0.3) is 0 Å². The third kappa shape index (κ3) is 3.28. The summed E-state index contributed by atoms with van der Waals surface area (Å²) in [4.78, 5) is -0.0701. The summed E-state index contributed by atoms with van der Waals surface area (Å²) in [7, 11) is -3.90. The third-order valence-electron chi connectivity index (χ3n) is 3.11. The van der Waals surface area contributed by atoms with Crippen LogP contribution in [0.2, 0.25) is 5.02 Å². The molecule has 2 aromatic rings. The van der Waals surface area contributed by atoms with Crippen LogP contribution in [0, 0.1) is 19.7 Å². The molecule has 0 radical (unpaired) electrons. The summed E-state index contributed by atoms with van der Waals surface area (Å²) in [5.74, 6) is -0.528. The fourth-order valence-electron chi connectivity index (χ4n) is 1.74. The molecule has 7 heteroatoms. The van der Waals surface area contributed by atoms with Gasteiger partial charge in [0.2, 0.25) is 0 Å². The Morgan fingerprint density at radius 3 is 2.48 bits per heavy atom. The minimum atomic E-state index is -3.90. The van der Waals surface area contributed by atoms with E-state index in [1.54, 1.807) is 13.8 Å². The Morgan fingerprint density at radius 1 is 1.19 bits per heavy atom. The van der Waals surface area contributed by atoms with Crippen LogP contribution in [0.5, 0.6) is 0 Å². The molecule has 0 saturated carbocycles. The molecule has 2 aromatic carbocycles. The highest BCUT2D eigenvalue weighted by atomic mass is 35.5. The Hall–Kier alpha value is -1.79. The topological polar surface area (TPSA) is 72.2 Å². The smallest absolute Gasteiger partial charge is 0.262 e.